The molecule has 0 unspecified atom stereocenters. The molecule has 4 rings (SSSR count). The average Bonchev–Trinajstić information content (AvgIpc) is 3.19. The summed E-state index contributed by atoms with van der Waals surface area (Å²) in [7, 11) is 0. The standard InChI is InChI=1S/C22H21N5O3/c1-15(2)26-14-23-22-24-17(12-20(28)27(22)26)13-30-19-11-7-6-10-18(19)25-21(29)16-8-4-3-5-9-16/h3-12,14-15H,13H2,1-2H3,(H,25,29). The normalized spacial score (nSPS) is 11.0. The Bertz CT molecular complexity index is 1240. The Kier molecular flexibility index (Phi) is 5.30. The highest BCUT2D eigenvalue weighted by Crippen LogP contribution is 2.25. The molecule has 0 radical (unpaired) electrons. The van der Waals surface area contributed by atoms with E-state index >= 15 is 0 Å². The SMILES string of the molecule is CC(C)n1cnc2nc(COc3ccccc3NC(=O)c3ccccc3)cc(=O)n21. The number of hydrogen-bond acceptors (Lipinski definition) is 5. The minimum absolute atomic E-state index is 0.0680. The van der Waals surface area contributed by atoms with E-state index in [1.54, 1.807) is 47.4 Å². The third-order valence-corrected chi connectivity index (χ3v) is 4.53. The van der Waals surface area contributed by atoms with Gasteiger partial charge >= 0.3 is 0 Å². The number of nitrogens with one attached hydrogen (secondary N) is 1. The molecule has 0 aliphatic heterocycles. The summed E-state index contributed by atoms with van der Waals surface area (Å²) in [5.41, 5.74) is 1.31. The van der Waals surface area contributed by atoms with Gasteiger partial charge in [-0.3, -0.25) is 14.3 Å². The minimum Gasteiger partial charge on any atom is -0.485 e. The number of hydrogen-bond donors (Lipinski definition) is 1. The summed E-state index contributed by atoms with van der Waals surface area (Å²) in [6.07, 6.45) is 1.59. The van der Waals surface area contributed by atoms with Gasteiger partial charge < -0.3 is 10.1 Å². The number of fused-ring (bicyclic) bond motifs is 1. The van der Waals surface area contributed by atoms with Crippen LogP contribution in [-0.4, -0.2) is 25.1 Å². The van der Waals surface area contributed by atoms with Crippen molar-refractivity contribution in [2.24, 2.45) is 0 Å². The molecule has 4 aromatic rings. The molecule has 1 amide bonds. The number of ether oxygens (including phenoxy) is 1. The van der Waals surface area contributed by atoms with Crippen molar-refractivity contribution in [2.75, 3.05) is 5.32 Å². The molecular formula is C22H21N5O3. The highest BCUT2D eigenvalue weighted by Gasteiger charge is 2.12. The number of benzene rings is 2. The molecule has 2 aromatic carbocycles. The van der Waals surface area contributed by atoms with Gasteiger partial charge in [0.2, 0.25) is 0 Å². The molecule has 2 aromatic heterocycles. The summed E-state index contributed by atoms with van der Waals surface area (Å²) in [6, 6.07) is 17.6. The van der Waals surface area contributed by atoms with Gasteiger partial charge in [-0.15, -0.1) is 0 Å². The van der Waals surface area contributed by atoms with Crippen molar-refractivity contribution in [1.82, 2.24) is 19.2 Å². The zero-order chi connectivity index (χ0) is 21.1. The van der Waals surface area contributed by atoms with Gasteiger partial charge in [0.1, 0.15) is 18.7 Å². The van der Waals surface area contributed by atoms with Gasteiger partial charge in [0.15, 0.2) is 0 Å². The van der Waals surface area contributed by atoms with Crippen molar-refractivity contribution in [3.8, 4) is 5.75 Å². The molecule has 0 aliphatic rings. The predicted molar refractivity (Wildman–Crippen MR) is 113 cm³/mol. The van der Waals surface area contributed by atoms with E-state index in [-0.39, 0.29) is 24.1 Å². The molecule has 0 aliphatic carbocycles. The Morgan fingerprint density at radius 2 is 1.83 bits per heavy atom. The van der Waals surface area contributed by atoms with E-state index in [1.807, 2.05) is 32.0 Å². The first-order chi connectivity index (χ1) is 14.5. The van der Waals surface area contributed by atoms with Gasteiger partial charge in [-0.2, -0.15) is 9.50 Å². The number of aromatic nitrogens is 4. The van der Waals surface area contributed by atoms with E-state index in [4.69, 9.17) is 4.74 Å². The zero-order valence-corrected chi connectivity index (χ0v) is 16.6. The quantitative estimate of drug-likeness (QED) is 0.533. The van der Waals surface area contributed by atoms with Gasteiger partial charge in [0, 0.05) is 17.7 Å². The number of nitrogens with zero attached hydrogens (tertiary/aromatic N) is 4. The van der Waals surface area contributed by atoms with Crippen LogP contribution in [0.4, 0.5) is 5.69 Å². The van der Waals surface area contributed by atoms with Crippen LogP contribution in [0.15, 0.2) is 71.8 Å². The Morgan fingerprint density at radius 3 is 2.60 bits per heavy atom. The number of para-hydroxylation sites is 2. The molecule has 0 saturated carbocycles. The first-order valence-electron chi connectivity index (χ1n) is 9.57. The van der Waals surface area contributed by atoms with Gasteiger partial charge in [-0.1, -0.05) is 30.3 Å². The third kappa shape index (κ3) is 3.93. The van der Waals surface area contributed by atoms with E-state index in [0.717, 1.165) is 0 Å². The molecule has 0 atom stereocenters. The number of carbonyl (C=O) groups excluding carboxylic acids is 1. The van der Waals surface area contributed by atoms with Crippen molar-refractivity contribution in [3.63, 3.8) is 0 Å². The van der Waals surface area contributed by atoms with E-state index in [9.17, 15) is 9.59 Å². The summed E-state index contributed by atoms with van der Waals surface area (Å²) < 4.78 is 9.02. The van der Waals surface area contributed by atoms with Crippen molar-refractivity contribution in [2.45, 2.75) is 26.5 Å². The second kappa shape index (κ2) is 8.20. The fourth-order valence-electron chi connectivity index (χ4n) is 3.04. The predicted octanol–water partition coefficient (Wildman–Crippen LogP) is 3.30. The smallest absolute Gasteiger partial charge is 0.274 e. The average molecular weight is 403 g/mol. The number of carbonyl (C=O) groups is 1. The van der Waals surface area contributed by atoms with Crippen LogP contribution in [0.3, 0.4) is 0 Å². The molecule has 0 bridgehead atoms. The van der Waals surface area contributed by atoms with Crippen molar-refractivity contribution in [3.05, 3.63) is 88.6 Å². The van der Waals surface area contributed by atoms with Crippen molar-refractivity contribution >= 4 is 17.4 Å². The van der Waals surface area contributed by atoms with Gasteiger partial charge in [-0.25, -0.2) is 4.98 Å². The van der Waals surface area contributed by atoms with Crippen LogP contribution < -0.4 is 15.6 Å². The lowest BCUT2D eigenvalue weighted by atomic mass is 10.2. The fourth-order valence-corrected chi connectivity index (χ4v) is 3.04. The van der Waals surface area contributed by atoms with Crippen LogP contribution in [-0.2, 0) is 6.61 Å². The number of amides is 1. The van der Waals surface area contributed by atoms with Crippen molar-refractivity contribution in [1.29, 1.82) is 0 Å². The topological polar surface area (TPSA) is 90.5 Å². The molecule has 8 nitrogen and oxygen atoms in total. The highest BCUT2D eigenvalue weighted by atomic mass is 16.5. The lowest BCUT2D eigenvalue weighted by molar-refractivity contribution is 0.102. The Hall–Kier alpha value is -3.94. The zero-order valence-electron chi connectivity index (χ0n) is 16.6. The lowest BCUT2D eigenvalue weighted by Crippen LogP contribution is -2.23. The van der Waals surface area contributed by atoms with Crippen LogP contribution >= 0.6 is 0 Å². The summed E-state index contributed by atoms with van der Waals surface area (Å²) in [5.74, 6) is 0.570. The Balaban J connectivity index is 1.53. The molecule has 0 fully saturated rings. The molecular weight excluding hydrogens is 382 g/mol. The summed E-state index contributed by atoms with van der Waals surface area (Å²) in [6.45, 7) is 4.00. The van der Waals surface area contributed by atoms with Gasteiger partial charge in [0.05, 0.1) is 11.4 Å². The highest BCUT2D eigenvalue weighted by molar-refractivity contribution is 6.04. The van der Waals surface area contributed by atoms with E-state index < -0.39 is 0 Å². The third-order valence-electron chi connectivity index (χ3n) is 4.53. The monoisotopic (exact) mass is 403 g/mol. The van der Waals surface area contributed by atoms with Crippen molar-refractivity contribution < 1.29 is 9.53 Å². The van der Waals surface area contributed by atoms with E-state index in [0.29, 0.717) is 28.5 Å². The molecule has 152 valence electrons. The van der Waals surface area contributed by atoms with Gasteiger partial charge in [0.25, 0.3) is 17.2 Å². The lowest BCUT2D eigenvalue weighted by Gasteiger charge is -2.12. The largest absolute Gasteiger partial charge is 0.485 e. The molecule has 0 spiro atoms. The summed E-state index contributed by atoms with van der Waals surface area (Å²) in [4.78, 5) is 33.6. The van der Waals surface area contributed by atoms with Crippen LogP contribution in [0.25, 0.3) is 5.78 Å². The summed E-state index contributed by atoms with van der Waals surface area (Å²) >= 11 is 0. The van der Waals surface area contributed by atoms with Gasteiger partial charge in [-0.05, 0) is 38.1 Å². The second-order valence-electron chi connectivity index (χ2n) is 7.02. The van der Waals surface area contributed by atoms with Crippen LogP contribution in [0.1, 0.15) is 35.9 Å². The molecule has 0 saturated heterocycles. The minimum atomic E-state index is -0.233. The Labute approximate surface area is 172 Å². The molecule has 2 heterocycles. The second-order valence-corrected chi connectivity index (χ2v) is 7.02. The maximum atomic E-state index is 12.5. The van der Waals surface area contributed by atoms with Crippen LogP contribution in [0.5, 0.6) is 5.75 Å². The maximum Gasteiger partial charge on any atom is 0.274 e. The molecule has 8 heteroatoms. The molecule has 30 heavy (non-hydrogen) atoms. The van der Waals surface area contributed by atoms with Crippen LogP contribution in [0.2, 0.25) is 0 Å². The maximum absolute atomic E-state index is 12.5. The Morgan fingerprint density at radius 1 is 1.10 bits per heavy atom. The molecule has 1 N–H and O–H groups in total. The fraction of sp³-hybridized carbons (Fsp3) is 0.182. The van der Waals surface area contributed by atoms with E-state index in [2.05, 4.69) is 15.3 Å². The van der Waals surface area contributed by atoms with Crippen LogP contribution in [0, 0.1) is 0 Å². The first kappa shape index (κ1) is 19.4. The number of anilines is 1. The van der Waals surface area contributed by atoms with E-state index in [1.165, 1.54) is 10.6 Å². The number of rotatable bonds is 6. The first-order valence-corrected chi connectivity index (χ1v) is 9.57. The summed E-state index contributed by atoms with van der Waals surface area (Å²) in [5, 5.41) is 2.85.